The molecule has 28 heavy (non-hydrogen) atoms. The number of rotatable bonds is 4. The van der Waals surface area contributed by atoms with Gasteiger partial charge in [0.1, 0.15) is 5.01 Å². The van der Waals surface area contributed by atoms with Crippen molar-refractivity contribution in [3.63, 3.8) is 0 Å². The molecule has 1 saturated carbocycles. The molecule has 0 unspecified atom stereocenters. The summed E-state index contributed by atoms with van der Waals surface area (Å²) in [6, 6.07) is 13.8. The van der Waals surface area contributed by atoms with Crippen LogP contribution in [0.4, 0.5) is 5.69 Å². The van der Waals surface area contributed by atoms with Gasteiger partial charge in [-0.15, -0.1) is 11.3 Å². The Morgan fingerprint density at radius 2 is 1.79 bits per heavy atom. The Labute approximate surface area is 167 Å². The summed E-state index contributed by atoms with van der Waals surface area (Å²) < 4.78 is 1.16. The standard InChI is InChI=1S/C22H22N2O3S/c1-13-6-11-18-19(12-13)28-21(24-18)14-7-9-15(10-8-14)23-20(25)16-4-2-3-5-17(16)22(26)27/h6-12,16-17H,2-5H2,1H3,(H,23,25)(H,26,27)/t16-,17-/m0/s1. The molecule has 5 nitrogen and oxygen atoms in total. The van der Waals surface area contributed by atoms with Crippen LogP contribution in [0.15, 0.2) is 42.5 Å². The summed E-state index contributed by atoms with van der Waals surface area (Å²) >= 11 is 1.65. The SMILES string of the molecule is Cc1ccc2nc(-c3ccc(NC(=O)[C@H]4CCCC[C@@H]4C(=O)O)cc3)sc2c1. The van der Waals surface area contributed by atoms with Crippen LogP contribution in [-0.2, 0) is 9.59 Å². The summed E-state index contributed by atoms with van der Waals surface area (Å²) in [6.45, 7) is 2.07. The summed E-state index contributed by atoms with van der Waals surface area (Å²) in [5.74, 6) is -2.12. The fourth-order valence-electron chi connectivity index (χ4n) is 3.83. The molecule has 1 aliphatic carbocycles. The van der Waals surface area contributed by atoms with Gasteiger partial charge in [0.05, 0.1) is 22.1 Å². The maximum Gasteiger partial charge on any atom is 0.307 e. The van der Waals surface area contributed by atoms with Crippen LogP contribution in [0.5, 0.6) is 0 Å². The number of hydrogen-bond donors (Lipinski definition) is 2. The Balaban J connectivity index is 1.49. The van der Waals surface area contributed by atoms with E-state index in [0.29, 0.717) is 18.5 Å². The minimum atomic E-state index is -0.874. The summed E-state index contributed by atoms with van der Waals surface area (Å²) in [5.41, 5.74) is 3.88. The van der Waals surface area contributed by atoms with Crippen molar-refractivity contribution in [1.82, 2.24) is 4.98 Å². The first-order valence-electron chi connectivity index (χ1n) is 9.52. The Bertz CT molecular complexity index is 1030. The Morgan fingerprint density at radius 1 is 1.07 bits per heavy atom. The predicted molar refractivity (Wildman–Crippen MR) is 112 cm³/mol. The average molecular weight is 394 g/mol. The van der Waals surface area contributed by atoms with E-state index in [1.807, 2.05) is 30.3 Å². The van der Waals surface area contributed by atoms with Gasteiger partial charge in [0.25, 0.3) is 0 Å². The van der Waals surface area contributed by atoms with Gasteiger partial charge in [-0.3, -0.25) is 9.59 Å². The first-order valence-corrected chi connectivity index (χ1v) is 10.3. The van der Waals surface area contributed by atoms with E-state index >= 15 is 0 Å². The van der Waals surface area contributed by atoms with E-state index in [1.54, 1.807) is 11.3 Å². The maximum atomic E-state index is 12.6. The number of thiazole rings is 1. The van der Waals surface area contributed by atoms with Crippen molar-refractivity contribution < 1.29 is 14.7 Å². The van der Waals surface area contributed by atoms with Crippen LogP contribution >= 0.6 is 11.3 Å². The van der Waals surface area contributed by atoms with Crippen LogP contribution in [0, 0.1) is 18.8 Å². The summed E-state index contributed by atoms with van der Waals surface area (Å²) in [6.07, 6.45) is 2.98. The Hall–Kier alpha value is -2.73. The fraction of sp³-hybridized carbons (Fsp3) is 0.318. The monoisotopic (exact) mass is 394 g/mol. The number of carbonyl (C=O) groups is 2. The Kier molecular flexibility index (Phi) is 5.13. The van der Waals surface area contributed by atoms with Crippen LogP contribution in [0.1, 0.15) is 31.2 Å². The van der Waals surface area contributed by atoms with Gasteiger partial charge in [0.2, 0.25) is 5.91 Å². The molecule has 2 atom stereocenters. The molecule has 0 spiro atoms. The van der Waals surface area contributed by atoms with E-state index in [9.17, 15) is 14.7 Å². The molecular weight excluding hydrogens is 372 g/mol. The number of anilines is 1. The van der Waals surface area contributed by atoms with Crippen LogP contribution in [-0.4, -0.2) is 22.0 Å². The number of nitrogens with zero attached hydrogens (tertiary/aromatic N) is 1. The molecular formula is C22H22N2O3S. The third kappa shape index (κ3) is 3.78. The number of carbonyl (C=O) groups excluding carboxylic acids is 1. The van der Waals surface area contributed by atoms with Gasteiger partial charge >= 0.3 is 5.97 Å². The predicted octanol–water partition coefficient (Wildman–Crippen LogP) is 5.10. The molecule has 1 aromatic heterocycles. The number of benzene rings is 2. The molecule has 3 aromatic rings. The molecule has 0 aliphatic heterocycles. The van der Waals surface area contributed by atoms with Crippen LogP contribution in [0.2, 0.25) is 0 Å². The van der Waals surface area contributed by atoms with Gasteiger partial charge in [0.15, 0.2) is 0 Å². The zero-order valence-corrected chi connectivity index (χ0v) is 16.5. The van der Waals surface area contributed by atoms with E-state index in [4.69, 9.17) is 0 Å². The molecule has 1 amide bonds. The number of nitrogens with one attached hydrogen (secondary N) is 1. The maximum absolute atomic E-state index is 12.6. The summed E-state index contributed by atoms with van der Waals surface area (Å²) in [5, 5.41) is 13.2. The average Bonchev–Trinajstić information content (AvgIpc) is 3.11. The molecule has 2 N–H and O–H groups in total. The number of aromatic nitrogens is 1. The zero-order valence-electron chi connectivity index (χ0n) is 15.6. The van der Waals surface area contributed by atoms with Gasteiger partial charge < -0.3 is 10.4 Å². The third-order valence-corrected chi connectivity index (χ3v) is 6.43. The van der Waals surface area contributed by atoms with Crippen LogP contribution < -0.4 is 5.32 Å². The number of amides is 1. The van der Waals surface area contributed by atoms with E-state index < -0.39 is 17.8 Å². The topological polar surface area (TPSA) is 79.3 Å². The van der Waals surface area contributed by atoms with Gasteiger partial charge in [-0.05, 0) is 61.7 Å². The zero-order chi connectivity index (χ0) is 19.7. The second kappa shape index (κ2) is 7.72. The normalized spacial score (nSPS) is 19.5. The van der Waals surface area contributed by atoms with Crippen molar-refractivity contribution in [2.24, 2.45) is 11.8 Å². The fourth-order valence-corrected chi connectivity index (χ4v) is 4.90. The highest BCUT2D eigenvalue weighted by molar-refractivity contribution is 7.21. The van der Waals surface area contributed by atoms with E-state index in [0.717, 1.165) is 33.6 Å². The van der Waals surface area contributed by atoms with Gasteiger partial charge in [-0.1, -0.05) is 18.9 Å². The molecule has 4 rings (SSSR count). The largest absolute Gasteiger partial charge is 0.481 e. The molecule has 1 aliphatic rings. The lowest BCUT2D eigenvalue weighted by atomic mass is 9.78. The molecule has 0 radical (unpaired) electrons. The number of fused-ring (bicyclic) bond motifs is 1. The van der Waals surface area contributed by atoms with Crippen molar-refractivity contribution in [1.29, 1.82) is 0 Å². The lowest BCUT2D eigenvalue weighted by Gasteiger charge is -2.27. The minimum absolute atomic E-state index is 0.199. The van der Waals surface area contributed by atoms with E-state index in [2.05, 4.69) is 29.4 Å². The van der Waals surface area contributed by atoms with Crippen molar-refractivity contribution in [3.8, 4) is 10.6 Å². The molecule has 1 heterocycles. The lowest BCUT2D eigenvalue weighted by molar-refractivity contribution is -0.147. The first-order chi connectivity index (χ1) is 13.5. The molecule has 0 bridgehead atoms. The number of aryl methyl sites for hydroxylation is 1. The molecule has 1 fully saturated rings. The minimum Gasteiger partial charge on any atom is -0.481 e. The number of carboxylic acid groups (broad SMARTS) is 1. The molecule has 6 heteroatoms. The quantitative estimate of drug-likeness (QED) is 0.645. The highest BCUT2D eigenvalue weighted by Gasteiger charge is 2.35. The van der Waals surface area contributed by atoms with Crippen molar-refractivity contribution in [2.45, 2.75) is 32.6 Å². The van der Waals surface area contributed by atoms with E-state index in [-0.39, 0.29) is 5.91 Å². The van der Waals surface area contributed by atoms with Gasteiger partial charge in [0, 0.05) is 11.3 Å². The number of hydrogen-bond acceptors (Lipinski definition) is 4. The number of carboxylic acids is 1. The van der Waals surface area contributed by atoms with Gasteiger partial charge in [-0.2, -0.15) is 0 Å². The molecule has 0 saturated heterocycles. The van der Waals surface area contributed by atoms with Crippen LogP contribution in [0.3, 0.4) is 0 Å². The second-order valence-corrected chi connectivity index (χ2v) is 8.42. The van der Waals surface area contributed by atoms with Crippen molar-refractivity contribution >= 4 is 39.1 Å². The smallest absolute Gasteiger partial charge is 0.307 e. The van der Waals surface area contributed by atoms with Gasteiger partial charge in [-0.25, -0.2) is 4.98 Å². The van der Waals surface area contributed by atoms with E-state index in [1.165, 1.54) is 5.56 Å². The first kappa shape index (κ1) is 18.6. The lowest BCUT2D eigenvalue weighted by Crippen LogP contribution is -2.36. The Morgan fingerprint density at radius 3 is 2.50 bits per heavy atom. The molecule has 2 aromatic carbocycles. The highest BCUT2D eigenvalue weighted by Crippen LogP contribution is 2.33. The highest BCUT2D eigenvalue weighted by atomic mass is 32.1. The molecule has 144 valence electrons. The van der Waals surface area contributed by atoms with Crippen LogP contribution in [0.25, 0.3) is 20.8 Å². The summed E-state index contributed by atoms with van der Waals surface area (Å²) in [7, 11) is 0. The number of aliphatic carboxylic acids is 1. The second-order valence-electron chi connectivity index (χ2n) is 7.39. The summed E-state index contributed by atoms with van der Waals surface area (Å²) in [4.78, 5) is 28.7. The van der Waals surface area contributed by atoms with Crippen molar-refractivity contribution in [3.05, 3.63) is 48.0 Å². The third-order valence-electron chi connectivity index (χ3n) is 5.36. The van der Waals surface area contributed by atoms with Crippen molar-refractivity contribution in [2.75, 3.05) is 5.32 Å².